The van der Waals surface area contributed by atoms with Gasteiger partial charge in [0.25, 0.3) is 0 Å². The average Bonchev–Trinajstić information content (AvgIpc) is 3.49. The van der Waals surface area contributed by atoms with E-state index in [4.69, 9.17) is 0 Å². The zero-order valence-corrected chi connectivity index (χ0v) is 17.5. The molecule has 2 heterocycles. The molecule has 1 aliphatic heterocycles. The van der Waals surface area contributed by atoms with Gasteiger partial charge < -0.3 is 15.5 Å². The van der Waals surface area contributed by atoms with E-state index in [1.807, 2.05) is 41.8 Å². The van der Waals surface area contributed by atoms with Gasteiger partial charge in [0.1, 0.15) is 6.04 Å². The molecule has 1 aromatic carbocycles. The summed E-state index contributed by atoms with van der Waals surface area (Å²) in [6.07, 6.45) is 7.33. The van der Waals surface area contributed by atoms with E-state index in [0.29, 0.717) is 13.0 Å². The second-order valence-electron chi connectivity index (χ2n) is 8.10. The Balaban J connectivity index is 1.30. The lowest BCUT2D eigenvalue weighted by molar-refractivity contribution is -0.136. The zero-order chi connectivity index (χ0) is 20.1. The number of hydrogen-bond donors (Lipinski definition) is 2. The average molecular weight is 412 g/mol. The summed E-state index contributed by atoms with van der Waals surface area (Å²) in [6, 6.07) is 11.4. The lowest BCUT2D eigenvalue weighted by atomic mass is 10.1. The Labute approximate surface area is 176 Å². The summed E-state index contributed by atoms with van der Waals surface area (Å²) >= 11 is 1.58. The van der Waals surface area contributed by atoms with Crippen molar-refractivity contribution in [3.05, 3.63) is 46.7 Å². The van der Waals surface area contributed by atoms with Crippen LogP contribution in [0.15, 0.2) is 41.8 Å². The number of rotatable bonds is 7. The number of amides is 2. The molecule has 2 aliphatic rings. The molecular weight excluding hydrogens is 382 g/mol. The molecular formula is C23H29N3O2S. The van der Waals surface area contributed by atoms with E-state index in [-0.39, 0.29) is 17.9 Å². The molecule has 4 rings (SSSR count). The highest BCUT2D eigenvalue weighted by molar-refractivity contribution is 7.10. The van der Waals surface area contributed by atoms with E-state index < -0.39 is 0 Å². The van der Waals surface area contributed by atoms with Gasteiger partial charge in [-0.15, -0.1) is 11.3 Å². The molecule has 6 heteroatoms. The smallest absolute Gasteiger partial charge is 0.247 e. The molecule has 1 saturated heterocycles. The van der Waals surface area contributed by atoms with Crippen LogP contribution in [0.1, 0.15) is 43.4 Å². The third-order valence-corrected chi connectivity index (χ3v) is 6.88. The summed E-state index contributed by atoms with van der Waals surface area (Å²) in [5, 5.41) is 8.47. The molecule has 2 aromatic rings. The Hall–Kier alpha value is -2.34. The monoisotopic (exact) mass is 411 g/mol. The molecule has 1 atom stereocenters. The minimum atomic E-state index is -0.373. The highest BCUT2D eigenvalue weighted by atomic mass is 32.1. The lowest BCUT2D eigenvalue weighted by Gasteiger charge is -2.24. The van der Waals surface area contributed by atoms with Gasteiger partial charge in [-0.05, 0) is 67.3 Å². The minimum Gasteiger partial charge on any atom is -0.385 e. The van der Waals surface area contributed by atoms with Crippen LogP contribution < -0.4 is 10.6 Å². The predicted octanol–water partition coefficient (Wildman–Crippen LogP) is 4.52. The second kappa shape index (κ2) is 9.44. The van der Waals surface area contributed by atoms with Crippen molar-refractivity contribution >= 4 is 34.5 Å². The summed E-state index contributed by atoms with van der Waals surface area (Å²) < 4.78 is 0. The van der Waals surface area contributed by atoms with Gasteiger partial charge in [0.05, 0.1) is 6.42 Å². The quantitative estimate of drug-likeness (QED) is 0.704. The van der Waals surface area contributed by atoms with Crippen molar-refractivity contribution in [3.8, 4) is 0 Å². The summed E-state index contributed by atoms with van der Waals surface area (Å²) in [5.74, 6) is 0.736. The molecule has 0 bridgehead atoms. The largest absolute Gasteiger partial charge is 0.385 e. The highest BCUT2D eigenvalue weighted by Crippen LogP contribution is 2.26. The van der Waals surface area contributed by atoms with Gasteiger partial charge in [-0.2, -0.15) is 0 Å². The number of nitrogens with zero attached hydrogens (tertiary/aromatic N) is 1. The van der Waals surface area contributed by atoms with Crippen molar-refractivity contribution in [1.29, 1.82) is 0 Å². The topological polar surface area (TPSA) is 61.4 Å². The van der Waals surface area contributed by atoms with Crippen LogP contribution in [0.4, 0.5) is 11.4 Å². The zero-order valence-electron chi connectivity index (χ0n) is 16.7. The van der Waals surface area contributed by atoms with Crippen molar-refractivity contribution in [2.24, 2.45) is 5.92 Å². The van der Waals surface area contributed by atoms with E-state index in [1.165, 1.54) is 25.7 Å². The molecule has 1 saturated carbocycles. The SMILES string of the molecule is O=C(Nc1ccc(NCC2CCCC2)cc1)C1CCCN1C(=O)Cc1cccs1. The van der Waals surface area contributed by atoms with Crippen LogP contribution in [0.25, 0.3) is 0 Å². The molecule has 2 fully saturated rings. The van der Waals surface area contributed by atoms with Crippen molar-refractivity contribution in [2.75, 3.05) is 23.7 Å². The normalized spacial score (nSPS) is 19.4. The number of nitrogens with one attached hydrogen (secondary N) is 2. The molecule has 0 radical (unpaired) electrons. The molecule has 0 spiro atoms. The first-order valence-corrected chi connectivity index (χ1v) is 11.5. The number of carbonyl (C=O) groups excluding carboxylic acids is 2. The Bertz CT molecular complexity index is 813. The number of likely N-dealkylation sites (tertiary alicyclic amines) is 1. The molecule has 2 N–H and O–H groups in total. The van der Waals surface area contributed by atoms with Crippen LogP contribution in [0.5, 0.6) is 0 Å². The Morgan fingerprint density at radius 3 is 2.48 bits per heavy atom. The van der Waals surface area contributed by atoms with E-state index >= 15 is 0 Å². The van der Waals surface area contributed by atoms with E-state index in [1.54, 1.807) is 16.2 Å². The van der Waals surface area contributed by atoms with Crippen molar-refractivity contribution < 1.29 is 9.59 Å². The number of carbonyl (C=O) groups is 2. The number of hydrogen-bond acceptors (Lipinski definition) is 4. The molecule has 154 valence electrons. The summed E-state index contributed by atoms with van der Waals surface area (Å²) in [6.45, 7) is 1.68. The maximum Gasteiger partial charge on any atom is 0.247 e. The third-order valence-electron chi connectivity index (χ3n) is 6.00. The first kappa shape index (κ1) is 20.0. The maximum absolute atomic E-state index is 12.8. The van der Waals surface area contributed by atoms with Gasteiger partial charge in [0, 0.05) is 29.3 Å². The van der Waals surface area contributed by atoms with Gasteiger partial charge in [0.2, 0.25) is 11.8 Å². The number of benzene rings is 1. The molecule has 2 amide bonds. The molecule has 1 aliphatic carbocycles. The van der Waals surface area contributed by atoms with Crippen LogP contribution in [-0.4, -0.2) is 35.8 Å². The molecule has 1 unspecified atom stereocenters. The fraction of sp³-hybridized carbons (Fsp3) is 0.478. The molecule has 5 nitrogen and oxygen atoms in total. The third kappa shape index (κ3) is 5.18. The van der Waals surface area contributed by atoms with Crippen LogP contribution >= 0.6 is 11.3 Å². The summed E-state index contributed by atoms with van der Waals surface area (Å²) in [5.41, 5.74) is 1.86. The van der Waals surface area contributed by atoms with Gasteiger partial charge in [0.15, 0.2) is 0 Å². The molecule has 29 heavy (non-hydrogen) atoms. The van der Waals surface area contributed by atoms with E-state index in [2.05, 4.69) is 10.6 Å². The van der Waals surface area contributed by atoms with Crippen molar-refractivity contribution in [1.82, 2.24) is 4.90 Å². The fourth-order valence-electron chi connectivity index (χ4n) is 4.38. The molecule has 1 aromatic heterocycles. The Morgan fingerprint density at radius 2 is 1.76 bits per heavy atom. The highest BCUT2D eigenvalue weighted by Gasteiger charge is 2.34. The van der Waals surface area contributed by atoms with Crippen LogP contribution in [0.2, 0.25) is 0 Å². The predicted molar refractivity (Wildman–Crippen MR) is 118 cm³/mol. The Morgan fingerprint density at radius 1 is 1.00 bits per heavy atom. The van der Waals surface area contributed by atoms with Gasteiger partial charge in [-0.3, -0.25) is 9.59 Å². The first-order valence-electron chi connectivity index (χ1n) is 10.7. The maximum atomic E-state index is 12.8. The van der Waals surface area contributed by atoms with E-state index in [0.717, 1.165) is 41.6 Å². The number of anilines is 2. The fourth-order valence-corrected chi connectivity index (χ4v) is 5.07. The van der Waals surface area contributed by atoms with Crippen LogP contribution in [0.3, 0.4) is 0 Å². The van der Waals surface area contributed by atoms with Gasteiger partial charge in [-0.25, -0.2) is 0 Å². The van der Waals surface area contributed by atoms with Crippen LogP contribution in [0, 0.1) is 5.92 Å². The summed E-state index contributed by atoms with van der Waals surface area (Å²) in [4.78, 5) is 28.2. The minimum absolute atomic E-state index is 0.0385. The first-order chi connectivity index (χ1) is 14.2. The van der Waals surface area contributed by atoms with Gasteiger partial charge >= 0.3 is 0 Å². The van der Waals surface area contributed by atoms with Crippen molar-refractivity contribution in [3.63, 3.8) is 0 Å². The number of thiophene rings is 1. The lowest BCUT2D eigenvalue weighted by Crippen LogP contribution is -2.43. The Kier molecular flexibility index (Phi) is 6.49. The van der Waals surface area contributed by atoms with Crippen molar-refractivity contribution in [2.45, 2.75) is 51.0 Å². The standard InChI is InChI=1S/C23H29N3O2S/c27-22(15-20-7-4-14-29-20)26-13-3-8-21(26)23(28)25-19-11-9-18(10-12-19)24-16-17-5-1-2-6-17/h4,7,9-12,14,17,21,24H,1-3,5-6,8,13,15-16H2,(H,25,28). The van der Waals surface area contributed by atoms with E-state index in [9.17, 15) is 9.59 Å². The van der Waals surface area contributed by atoms with Crippen LogP contribution in [-0.2, 0) is 16.0 Å². The van der Waals surface area contributed by atoms with Gasteiger partial charge in [-0.1, -0.05) is 18.9 Å². The second-order valence-corrected chi connectivity index (χ2v) is 9.13. The summed E-state index contributed by atoms with van der Waals surface area (Å²) in [7, 11) is 0.